The second kappa shape index (κ2) is 8.19. The van der Waals surface area contributed by atoms with Gasteiger partial charge in [-0.05, 0) is 35.4 Å². The minimum absolute atomic E-state index is 0.381. The molecule has 1 N–H and O–H groups in total. The van der Waals surface area contributed by atoms with Crippen molar-refractivity contribution in [3.8, 4) is 0 Å². The fourth-order valence-corrected chi connectivity index (χ4v) is 5.72. The third kappa shape index (κ3) is 3.64. The maximum Gasteiger partial charge on any atom is 0.325 e. The fourth-order valence-electron chi connectivity index (χ4n) is 4.42. The number of halogens is 1. The van der Waals surface area contributed by atoms with Gasteiger partial charge in [0.05, 0.1) is 0 Å². The second-order valence-electron chi connectivity index (χ2n) is 8.34. The van der Waals surface area contributed by atoms with Crippen LogP contribution in [0.15, 0.2) is 66.7 Å². The molecule has 4 amide bonds. The number of rotatable bonds is 4. The highest BCUT2D eigenvalue weighted by molar-refractivity contribution is 7.99. The molecule has 2 atom stereocenters. The molecule has 8 heteroatoms. The van der Waals surface area contributed by atoms with Gasteiger partial charge in [-0.15, -0.1) is 11.8 Å². The third-order valence-corrected chi connectivity index (χ3v) is 7.52. The van der Waals surface area contributed by atoms with Crippen molar-refractivity contribution in [3.05, 3.63) is 83.7 Å². The molecule has 0 aromatic heterocycles. The lowest BCUT2D eigenvalue weighted by Crippen LogP contribution is -2.44. The van der Waals surface area contributed by atoms with Gasteiger partial charge in [-0.3, -0.25) is 14.5 Å². The first kappa shape index (κ1) is 21.5. The number of nitrogens with zero attached hydrogens (tertiary/aromatic N) is 2. The summed E-state index contributed by atoms with van der Waals surface area (Å²) < 4.78 is 14.3. The summed E-state index contributed by atoms with van der Waals surface area (Å²) in [7, 11) is 0. The highest BCUT2D eigenvalue weighted by Gasteiger charge is 2.50. The van der Waals surface area contributed by atoms with Crippen LogP contribution in [0.2, 0.25) is 0 Å². The zero-order valence-electron chi connectivity index (χ0n) is 18.0. The van der Waals surface area contributed by atoms with Crippen LogP contribution in [-0.2, 0) is 15.1 Å². The standard InChI is InChI=1S/C25H22FN3O3S/c1-25(18-11-10-16-6-2-3-7-17(16)14-18)23(31)29(24(32)27-25)15-21(30)28-12-13-33-22(28)19-8-4-5-9-20(19)26/h2-11,14,22H,12-13,15H2,1H3,(H,27,32)/t22-,25-/m1/s1. The first-order valence-corrected chi connectivity index (χ1v) is 11.7. The first-order chi connectivity index (χ1) is 15.9. The van der Waals surface area contributed by atoms with Crippen molar-refractivity contribution in [3.63, 3.8) is 0 Å². The maximum atomic E-state index is 14.3. The van der Waals surface area contributed by atoms with Crippen molar-refractivity contribution in [2.75, 3.05) is 18.8 Å². The van der Waals surface area contributed by atoms with Crippen LogP contribution in [0.5, 0.6) is 0 Å². The Morgan fingerprint density at radius 1 is 1.09 bits per heavy atom. The molecular formula is C25H22FN3O3S. The normalized spacial score (nSPS) is 22.8. The monoisotopic (exact) mass is 463 g/mol. The number of thioether (sulfide) groups is 1. The van der Waals surface area contributed by atoms with Crippen LogP contribution in [0.25, 0.3) is 10.8 Å². The van der Waals surface area contributed by atoms with E-state index < -0.39 is 22.9 Å². The van der Waals surface area contributed by atoms with Gasteiger partial charge in [-0.1, -0.05) is 54.6 Å². The number of carbonyl (C=O) groups excluding carboxylic acids is 3. The molecule has 0 bridgehead atoms. The molecular weight excluding hydrogens is 441 g/mol. The van der Waals surface area contributed by atoms with Crippen LogP contribution in [0, 0.1) is 5.82 Å². The molecule has 3 aromatic rings. The topological polar surface area (TPSA) is 69.7 Å². The molecule has 2 saturated heterocycles. The molecule has 2 aliphatic rings. The number of carbonyl (C=O) groups is 3. The Hall–Kier alpha value is -3.39. The van der Waals surface area contributed by atoms with Gasteiger partial charge in [0.25, 0.3) is 5.91 Å². The minimum atomic E-state index is -1.27. The van der Waals surface area contributed by atoms with E-state index in [0.29, 0.717) is 23.4 Å². The Kier molecular flexibility index (Phi) is 5.32. The summed E-state index contributed by atoms with van der Waals surface area (Å²) in [5, 5.41) is 4.26. The third-order valence-electron chi connectivity index (χ3n) is 6.28. The maximum absolute atomic E-state index is 14.3. The van der Waals surface area contributed by atoms with Crippen molar-refractivity contribution in [2.24, 2.45) is 0 Å². The molecule has 3 aromatic carbocycles. The van der Waals surface area contributed by atoms with Crippen LogP contribution >= 0.6 is 11.8 Å². The van der Waals surface area contributed by atoms with Crippen molar-refractivity contribution in [2.45, 2.75) is 17.8 Å². The Labute approximate surface area is 194 Å². The van der Waals surface area contributed by atoms with Crippen molar-refractivity contribution < 1.29 is 18.8 Å². The van der Waals surface area contributed by atoms with E-state index in [1.165, 1.54) is 22.7 Å². The summed E-state index contributed by atoms with van der Waals surface area (Å²) in [6.45, 7) is 1.68. The van der Waals surface area contributed by atoms with Crippen LogP contribution in [0.3, 0.4) is 0 Å². The average molecular weight is 464 g/mol. The van der Waals surface area contributed by atoms with E-state index in [4.69, 9.17) is 0 Å². The first-order valence-electron chi connectivity index (χ1n) is 10.7. The van der Waals surface area contributed by atoms with Gasteiger partial charge >= 0.3 is 6.03 Å². The number of imide groups is 1. The Morgan fingerprint density at radius 3 is 2.61 bits per heavy atom. The summed E-state index contributed by atoms with van der Waals surface area (Å²) in [4.78, 5) is 41.7. The molecule has 0 aliphatic carbocycles. The zero-order chi connectivity index (χ0) is 23.2. The molecule has 168 valence electrons. The van der Waals surface area contributed by atoms with Crippen LogP contribution in [0.4, 0.5) is 9.18 Å². The summed E-state index contributed by atoms with van der Waals surface area (Å²) in [6.07, 6.45) is 0. The lowest BCUT2D eigenvalue weighted by Gasteiger charge is -2.26. The van der Waals surface area contributed by atoms with E-state index >= 15 is 0 Å². The largest absolute Gasteiger partial charge is 0.325 e. The number of hydrogen-bond acceptors (Lipinski definition) is 4. The summed E-state index contributed by atoms with van der Waals surface area (Å²) in [6, 6.07) is 19.1. The number of fused-ring (bicyclic) bond motifs is 1. The van der Waals surface area contributed by atoms with E-state index in [9.17, 15) is 18.8 Å². The molecule has 5 rings (SSSR count). The predicted octanol–water partition coefficient (Wildman–Crippen LogP) is 4.02. The van der Waals surface area contributed by atoms with Gasteiger partial charge in [0.2, 0.25) is 5.91 Å². The number of hydrogen-bond donors (Lipinski definition) is 1. The van der Waals surface area contributed by atoms with E-state index in [1.807, 2.05) is 42.5 Å². The molecule has 33 heavy (non-hydrogen) atoms. The summed E-state index contributed by atoms with van der Waals surface area (Å²) in [5.74, 6) is -0.599. The summed E-state index contributed by atoms with van der Waals surface area (Å²) in [5.41, 5.74) is -0.200. The van der Waals surface area contributed by atoms with Gasteiger partial charge in [0.1, 0.15) is 23.3 Å². The smallest absolute Gasteiger partial charge is 0.324 e. The van der Waals surface area contributed by atoms with E-state index in [2.05, 4.69) is 5.32 Å². The second-order valence-corrected chi connectivity index (χ2v) is 9.53. The fraction of sp³-hybridized carbons (Fsp3) is 0.240. The van der Waals surface area contributed by atoms with E-state index in [0.717, 1.165) is 15.7 Å². The zero-order valence-corrected chi connectivity index (χ0v) is 18.8. The van der Waals surface area contributed by atoms with Gasteiger partial charge in [-0.25, -0.2) is 9.18 Å². The molecule has 6 nitrogen and oxygen atoms in total. The Balaban J connectivity index is 1.37. The molecule has 2 heterocycles. The molecule has 2 aliphatic heterocycles. The van der Waals surface area contributed by atoms with E-state index in [-0.39, 0.29) is 18.3 Å². The van der Waals surface area contributed by atoms with Crippen molar-refractivity contribution in [1.82, 2.24) is 15.1 Å². The average Bonchev–Trinajstić information content (AvgIpc) is 3.39. The quantitative estimate of drug-likeness (QED) is 0.594. The molecule has 0 saturated carbocycles. The SMILES string of the molecule is C[C@]1(c2ccc3ccccc3c2)NC(=O)N(CC(=O)N2CCS[C@@H]2c2ccccc2F)C1=O. The van der Waals surface area contributed by atoms with Gasteiger partial charge < -0.3 is 10.2 Å². The van der Waals surface area contributed by atoms with Crippen LogP contribution < -0.4 is 5.32 Å². The van der Waals surface area contributed by atoms with Crippen molar-refractivity contribution in [1.29, 1.82) is 0 Å². The van der Waals surface area contributed by atoms with Gasteiger partial charge in [0, 0.05) is 17.9 Å². The highest BCUT2D eigenvalue weighted by Crippen LogP contribution is 2.39. The minimum Gasteiger partial charge on any atom is -0.324 e. The predicted molar refractivity (Wildman–Crippen MR) is 125 cm³/mol. The highest BCUT2D eigenvalue weighted by atomic mass is 32.2. The molecule has 0 unspecified atom stereocenters. The van der Waals surface area contributed by atoms with Gasteiger partial charge in [-0.2, -0.15) is 0 Å². The molecule has 2 fully saturated rings. The van der Waals surface area contributed by atoms with Crippen LogP contribution in [-0.4, -0.2) is 46.5 Å². The van der Waals surface area contributed by atoms with E-state index in [1.54, 1.807) is 25.1 Å². The molecule has 0 radical (unpaired) electrons. The number of amides is 4. The number of nitrogens with one attached hydrogen (secondary N) is 1. The summed E-state index contributed by atoms with van der Waals surface area (Å²) >= 11 is 1.46. The number of urea groups is 1. The van der Waals surface area contributed by atoms with Gasteiger partial charge in [0.15, 0.2) is 0 Å². The lowest BCUT2D eigenvalue weighted by molar-refractivity contribution is -0.139. The van der Waals surface area contributed by atoms with Crippen molar-refractivity contribution >= 4 is 40.4 Å². The molecule has 0 spiro atoms. The van der Waals surface area contributed by atoms with Crippen LogP contribution in [0.1, 0.15) is 23.4 Å². The number of benzene rings is 3. The Morgan fingerprint density at radius 2 is 1.82 bits per heavy atom. The Bertz CT molecular complexity index is 1280. The lowest BCUT2D eigenvalue weighted by atomic mass is 9.90.